The Balaban J connectivity index is 2.01. The Kier molecular flexibility index (Phi) is 5.08. The number of carbonyl (C=O) groups excluding carboxylic acids is 1. The first-order chi connectivity index (χ1) is 9.45. The van der Waals surface area contributed by atoms with E-state index < -0.39 is 5.54 Å². The Hall–Kier alpha value is -0.610. The van der Waals surface area contributed by atoms with Gasteiger partial charge < -0.3 is 10.5 Å². The smallest absolute Gasteiger partial charge is 0.240 e. The van der Waals surface area contributed by atoms with E-state index in [4.69, 9.17) is 10.5 Å². The number of hydrogen-bond acceptors (Lipinski definition) is 3. The van der Waals surface area contributed by atoms with Crippen LogP contribution in [0.2, 0.25) is 0 Å². The summed E-state index contributed by atoms with van der Waals surface area (Å²) in [7, 11) is 0. The van der Waals surface area contributed by atoms with Crippen LogP contribution < -0.4 is 11.1 Å². The normalized spacial score (nSPS) is 30.2. The van der Waals surface area contributed by atoms with Gasteiger partial charge in [-0.3, -0.25) is 10.1 Å². The standard InChI is InChI=1S/C16H30N2O2/c1-11(2)18-16(15(17)19,13-8-9-13)10-20-14-7-5-4-6-12(14)3/h11-14,18H,4-10H2,1-3H3,(H2,17,19). The predicted molar refractivity (Wildman–Crippen MR) is 80.3 cm³/mol. The molecule has 0 aliphatic heterocycles. The number of nitrogens with one attached hydrogen (secondary N) is 1. The maximum atomic E-state index is 12.1. The molecule has 116 valence electrons. The summed E-state index contributed by atoms with van der Waals surface area (Å²) < 4.78 is 6.16. The number of carbonyl (C=O) groups is 1. The first kappa shape index (κ1) is 15.8. The molecule has 4 nitrogen and oxygen atoms in total. The van der Waals surface area contributed by atoms with E-state index in [1.807, 2.05) is 0 Å². The van der Waals surface area contributed by atoms with E-state index in [0.717, 1.165) is 19.3 Å². The number of amides is 1. The van der Waals surface area contributed by atoms with E-state index in [9.17, 15) is 4.79 Å². The molecule has 1 amide bonds. The number of primary amides is 1. The summed E-state index contributed by atoms with van der Waals surface area (Å²) in [5.41, 5.74) is 5.07. The highest BCUT2D eigenvalue weighted by Crippen LogP contribution is 2.41. The molecule has 0 spiro atoms. The van der Waals surface area contributed by atoms with Crippen molar-refractivity contribution in [2.75, 3.05) is 6.61 Å². The summed E-state index contributed by atoms with van der Waals surface area (Å²) in [6, 6.07) is 0.232. The van der Waals surface area contributed by atoms with Gasteiger partial charge in [-0.15, -0.1) is 0 Å². The SMILES string of the molecule is CC(C)NC(COC1CCCCC1C)(C(N)=O)C1CC1. The minimum Gasteiger partial charge on any atom is -0.375 e. The Labute approximate surface area is 122 Å². The molecule has 2 fully saturated rings. The van der Waals surface area contributed by atoms with E-state index in [1.165, 1.54) is 19.3 Å². The van der Waals surface area contributed by atoms with Crippen molar-refractivity contribution >= 4 is 5.91 Å². The summed E-state index contributed by atoms with van der Waals surface area (Å²) in [6.45, 7) is 6.80. The zero-order chi connectivity index (χ0) is 14.8. The van der Waals surface area contributed by atoms with E-state index in [0.29, 0.717) is 18.4 Å². The summed E-state index contributed by atoms with van der Waals surface area (Å²) in [5.74, 6) is 0.686. The van der Waals surface area contributed by atoms with Gasteiger partial charge in [-0.25, -0.2) is 0 Å². The largest absolute Gasteiger partial charge is 0.375 e. The Bertz CT molecular complexity index is 341. The topological polar surface area (TPSA) is 64.3 Å². The number of nitrogens with two attached hydrogens (primary N) is 1. The molecule has 20 heavy (non-hydrogen) atoms. The number of hydrogen-bond donors (Lipinski definition) is 2. The van der Waals surface area contributed by atoms with Gasteiger partial charge in [-0.05, 0) is 51.4 Å². The second kappa shape index (κ2) is 6.44. The van der Waals surface area contributed by atoms with Crippen molar-refractivity contribution in [3.63, 3.8) is 0 Å². The second-order valence-electron chi connectivity index (χ2n) is 7.02. The highest BCUT2D eigenvalue weighted by atomic mass is 16.5. The third kappa shape index (κ3) is 3.53. The molecule has 2 rings (SSSR count). The summed E-state index contributed by atoms with van der Waals surface area (Å²) >= 11 is 0. The lowest BCUT2D eigenvalue weighted by Gasteiger charge is -2.37. The van der Waals surface area contributed by atoms with Gasteiger partial charge in [0, 0.05) is 6.04 Å². The van der Waals surface area contributed by atoms with Crippen LogP contribution in [0.1, 0.15) is 59.3 Å². The molecule has 0 radical (unpaired) electrons. The lowest BCUT2D eigenvalue weighted by atomic mass is 9.87. The van der Waals surface area contributed by atoms with Crippen molar-refractivity contribution in [1.29, 1.82) is 0 Å². The molecular formula is C16H30N2O2. The van der Waals surface area contributed by atoms with Crippen molar-refractivity contribution < 1.29 is 9.53 Å². The lowest BCUT2D eigenvalue weighted by molar-refractivity contribution is -0.131. The third-order valence-electron chi connectivity index (χ3n) is 4.82. The molecule has 2 saturated carbocycles. The molecule has 0 heterocycles. The van der Waals surface area contributed by atoms with Gasteiger partial charge in [0.05, 0.1) is 12.7 Å². The van der Waals surface area contributed by atoms with Crippen molar-refractivity contribution in [2.45, 2.75) is 77.0 Å². The van der Waals surface area contributed by atoms with Gasteiger partial charge in [-0.1, -0.05) is 19.8 Å². The second-order valence-corrected chi connectivity index (χ2v) is 7.02. The van der Waals surface area contributed by atoms with Crippen LogP contribution in [-0.4, -0.2) is 30.2 Å². The maximum Gasteiger partial charge on any atom is 0.240 e. The van der Waals surface area contributed by atoms with Crippen LogP contribution in [-0.2, 0) is 9.53 Å². The molecule has 0 aromatic rings. The summed E-state index contributed by atoms with van der Waals surface area (Å²) in [4.78, 5) is 12.1. The minimum atomic E-state index is -0.661. The quantitative estimate of drug-likeness (QED) is 0.752. The fraction of sp³-hybridized carbons (Fsp3) is 0.938. The summed E-state index contributed by atoms with van der Waals surface area (Å²) in [6.07, 6.45) is 7.32. The molecule has 0 bridgehead atoms. The van der Waals surface area contributed by atoms with Crippen molar-refractivity contribution in [3.8, 4) is 0 Å². The van der Waals surface area contributed by atoms with Crippen LogP contribution in [0.5, 0.6) is 0 Å². The Morgan fingerprint density at radius 1 is 1.30 bits per heavy atom. The van der Waals surface area contributed by atoms with Crippen LogP contribution in [0, 0.1) is 11.8 Å². The van der Waals surface area contributed by atoms with Crippen molar-refractivity contribution in [3.05, 3.63) is 0 Å². The van der Waals surface area contributed by atoms with Gasteiger partial charge >= 0.3 is 0 Å². The maximum absolute atomic E-state index is 12.1. The van der Waals surface area contributed by atoms with Crippen molar-refractivity contribution in [1.82, 2.24) is 5.32 Å². The van der Waals surface area contributed by atoms with Gasteiger partial charge in [0.15, 0.2) is 0 Å². The molecular weight excluding hydrogens is 252 g/mol. The molecule has 3 unspecified atom stereocenters. The molecule has 0 saturated heterocycles. The lowest BCUT2D eigenvalue weighted by Crippen LogP contribution is -2.62. The van der Waals surface area contributed by atoms with Crippen LogP contribution in [0.15, 0.2) is 0 Å². The highest BCUT2D eigenvalue weighted by Gasteiger charge is 2.50. The van der Waals surface area contributed by atoms with Crippen LogP contribution in [0.4, 0.5) is 0 Å². The van der Waals surface area contributed by atoms with Crippen LogP contribution in [0.3, 0.4) is 0 Å². The average molecular weight is 282 g/mol. The molecule has 3 atom stereocenters. The number of ether oxygens (including phenoxy) is 1. The molecule has 2 aliphatic carbocycles. The Morgan fingerprint density at radius 3 is 2.45 bits per heavy atom. The molecule has 0 aromatic heterocycles. The zero-order valence-corrected chi connectivity index (χ0v) is 13.2. The van der Waals surface area contributed by atoms with Gasteiger partial charge in [0.25, 0.3) is 0 Å². The first-order valence-electron chi connectivity index (χ1n) is 8.15. The predicted octanol–water partition coefficient (Wildman–Crippen LogP) is 2.21. The average Bonchev–Trinajstić information content (AvgIpc) is 3.20. The molecule has 2 aliphatic rings. The Morgan fingerprint density at radius 2 is 1.95 bits per heavy atom. The summed E-state index contributed by atoms with van der Waals surface area (Å²) in [5, 5.41) is 3.41. The van der Waals surface area contributed by atoms with Crippen molar-refractivity contribution in [2.24, 2.45) is 17.6 Å². The number of rotatable bonds is 7. The zero-order valence-electron chi connectivity index (χ0n) is 13.2. The van der Waals surface area contributed by atoms with Gasteiger partial charge in [-0.2, -0.15) is 0 Å². The van der Waals surface area contributed by atoms with Crippen LogP contribution in [0.25, 0.3) is 0 Å². The van der Waals surface area contributed by atoms with E-state index in [-0.39, 0.29) is 18.1 Å². The van der Waals surface area contributed by atoms with Gasteiger partial charge in [0.2, 0.25) is 5.91 Å². The van der Waals surface area contributed by atoms with E-state index in [2.05, 4.69) is 26.1 Å². The minimum absolute atomic E-state index is 0.232. The van der Waals surface area contributed by atoms with Crippen LogP contribution >= 0.6 is 0 Å². The van der Waals surface area contributed by atoms with Gasteiger partial charge in [0.1, 0.15) is 5.54 Å². The first-order valence-corrected chi connectivity index (χ1v) is 8.15. The molecule has 3 N–H and O–H groups in total. The third-order valence-corrected chi connectivity index (χ3v) is 4.82. The molecule has 4 heteroatoms. The molecule has 0 aromatic carbocycles. The van der Waals surface area contributed by atoms with E-state index in [1.54, 1.807) is 0 Å². The fourth-order valence-electron chi connectivity index (χ4n) is 3.48. The van der Waals surface area contributed by atoms with E-state index >= 15 is 0 Å². The highest BCUT2D eigenvalue weighted by molar-refractivity contribution is 5.85. The monoisotopic (exact) mass is 282 g/mol. The fourth-order valence-corrected chi connectivity index (χ4v) is 3.48.